The number of hydrogen-bond donors (Lipinski definition) is 2. The third-order valence-electron chi connectivity index (χ3n) is 4.27. The van der Waals surface area contributed by atoms with Gasteiger partial charge in [-0.1, -0.05) is 0 Å². The number of nitrogens with one attached hydrogen (secondary N) is 1. The SMILES string of the molecule is CC(C)Oc1cc(F)ccc1Nc1ncnc2ccc(-c3cnn(CC(=O)O)c3)nc12. The van der Waals surface area contributed by atoms with Crippen LogP contribution in [0.25, 0.3) is 22.3 Å². The Labute approximate surface area is 176 Å². The number of carbonyl (C=O) groups is 1. The van der Waals surface area contributed by atoms with Gasteiger partial charge in [-0.2, -0.15) is 5.10 Å². The number of pyridine rings is 1. The van der Waals surface area contributed by atoms with Gasteiger partial charge in [-0.25, -0.2) is 19.3 Å². The number of rotatable bonds is 7. The highest BCUT2D eigenvalue weighted by Gasteiger charge is 2.13. The zero-order chi connectivity index (χ0) is 22.0. The van der Waals surface area contributed by atoms with Gasteiger partial charge in [0, 0.05) is 17.8 Å². The lowest BCUT2D eigenvalue weighted by Gasteiger charge is -2.16. The normalized spacial score (nSPS) is 11.1. The van der Waals surface area contributed by atoms with Gasteiger partial charge in [0.1, 0.15) is 30.0 Å². The van der Waals surface area contributed by atoms with E-state index < -0.39 is 11.8 Å². The quantitative estimate of drug-likeness (QED) is 0.464. The minimum atomic E-state index is -0.986. The van der Waals surface area contributed by atoms with Crippen LogP contribution in [-0.4, -0.2) is 41.9 Å². The van der Waals surface area contributed by atoms with Crippen molar-refractivity contribution in [1.29, 1.82) is 0 Å². The molecule has 9 nitrogen and oxygen atoms in total. The maximum absolute atomic E-state index is 13.7. The summed E-state index contributed by atoms with van der Waals surface area (Å²) in [6.45, 7) is 3.47. The topological polar surface area (TPSA) is 115 Å². The number of fused-ring (bicyclic) bond motifs is 1. The van der Waals surface area contributed by atoms with Crippen molar-refractivity contribution in [2.45, 2.75) is 26.5 Å². The Morgan fingerprint density at radius 2 is 2.10 bits per heavy atom. The number of nitrogens with zero attached hydrogens (tertiary/aromatic N) is 5. The fourth-order valence-corrected chi connectivity index (χ4v) is 2.99. The molecule has 3 heterocycles. The van der Waals surface area contributed by atoms with Crippen LogP contribution in [0.5, 0.6) is 5.75 Å². The van der Waals surface area contributed by atoms with Gasteiger partial charge in [0.15, 0.2) is 5.82 Å². The smallest absolute Gasteiger partial charge is 0.325 e. The minimum Gasteiger partial charge on any atom is -0.489 e. The highest BCUT2D eigenvalue weighted by Crippen LogP contribution is 2.31. The zero-order valence-electron chi connectivity index (χ0n) is 16.8. The first kappa shape index (κ1) is 20.2. The number of anilines is 2. The second kappa shape index (κ2) is 8.34. The number of hydrogen-bond acceptors (Lipinski definition) is 7. The van der Waals surface area contributed by atoms with E-state index in [-0.39, 0.29) is 12.6 Å². The number of halogens is 1. The molecule has 0 aliphatic carbocycles. The molecule has 0 bridgehead atoms. The van der Waals surface area contributed by atoms with E-state index >= 15 is 0 Å². The summed E-state index contributed by atoms with van der Waals surface area (Å²) < 4.78 is 20.8. The highest BCUT2D eigenvalue weighted by molar-refractivity contribution is 5.89. The maximum atomic E-state index is 13.7. The first-order chi connectivity index (χ1) is 14.9. The molecule has 10 heteroatoms. The van der Waals surface area contributed by atoms with Gasteiger partial charge in [0.05, 0.1) is 29.2 Å². The van der Waals surface area contributed by atoms with Gasteiger partial charge in [-0.3, -0.25) is 9.48 Å². The van der Waals surface area contributed by atoms with Crippen LogP contribution in [0.2, 0.25) is 0 Å². The van der Waals surface area contributed by atoms with E-state index in [1.54, 1.807) is 30.6 Å². The molecule has 0 spiro atoms. The largest absolute Gasteiger partial charge is 0.489 e. The molecule has 0 aliphatic heterocycles. The first-order valence-electron chi connectivity index (χ1n) is 9.48. The number of benzene rings is 1. The molecule has 0 aliphatic rings. The van der Waals surface area contributed by atoms with Gasteiger partial charge in [0.25, 0.3) is 0 Å². The summed E-state index contributed by atoms with van der Waals surface area (Å²) in [4.78, 5) is 24.1. The molecular weight excluding hydrogens is 403 g/mol. The highest BCUT2D eigenvalue weighted by atomic mass is 19.1. The van der Waals surface area contributed by atoms with Gasteiger partial charge < -0.3 is 15.2 Å². The standard InChI is InChI=1S/C21H19FN6O3/c1-12(2)31-18-7-14(22)3-4-16(18)27-21-20-17(23-11-24-21)6-5-15(26-20)13-8-25-28(9-13)10-19(29)30/h3-9,11-12H,10H2,1-2H3,(H,29,30)(H,23,24,27). The van der Waals surface area contributed by atoms with Gasteiger partial charge in [-0.15, -0.1) is 0 Å². The monoisotopic (exact) mass is 422 g/mol. The lowest BCUT2D eigenvalue weighted by molar-refractivity contribution is -0.137. The molecule has 0 atom stereocenters. The first-order valence-corrected chi connectivity index (χ1v) is 9.48. The Balaban J connectivity index is 1.72. The van der Waals surface area contributed by atoms with E-state index in [2.05, 4.69) is 25.4 Å². The fraction of sp³-hybridized carbons (Fsp3) is 0.190. The maximum Gasteiger partial charge on any atom is 0.325 e. The molecule has 0 saturated heterocycles. The Bertz CT molecular complexity index is 1260. The van der Waals surface area contributed by atoms with Crippen molar-refractivity contribution in [3.05, 3.63) is 54.9 Å². The van der Waals surface area contributed by atoms with Crippen LogP contribution in [0, 0.1) is 5.82 Å². The summed E-state index contributed by atoms with van der Waals surface area (Å²) >= 11 is 0. The van der Waals surface area contributed by atoms with E-state index in [4.69, 9.17) is 9.84 Å². The van der Waals surface area contributed by atoms with E-state index in [0.717, 1.165) is 0 Å². The van der Waals surface area contributed by atoms with E-state index in [0.29, 0.717) is 39.5 Å². The van der Waals surface area contributed by atoms with Crippen LogP contribution in [0.1, 0.15) is 13.8 Å². The number of carboxylic acids is 1. The molecule has 158 valence electrons. The summed E-state index contributed by atoms with van der Waals surface area (Å²) in [5.74, 6) is -0.620. The average molecular weight is 422 g/mol. The predicted molar refractivity (Wildman–Crippen MR) is 112 cm³/mol. The van der Waals surface area contributed by atoms with E-state index in [1.165, 1.54) is 23.1 Å². The molecule has 31 heavy (non-hydrogen) atoms. The zero-order valence-corrected chi connectivity index (χ0v) is 16.8. The Hall–Kier alpha value is -4.08. The van der Waals surface area contributed by atoms with E-state index in [1.807, 2.05) is 13.8 Å². The van der Waals surface area contributed by atoms with Crippen molar-refractivity contribution >= 4 is 28.5 Å². The van der Waals surface area contributed by atoms with Crippen LogP contribution in [0.3, 0.4) is 0 Å². The summed E-state index contributed by atoms with van der Waals surface area (Å²) in [5, 5.41) is 16.1. The van der Waals surface area contributed by atoms with E-state index in [9.17, 15) is 9.18 Å². The molecule has 2 N–H and O–H groups in total. The summed E-state index contributed by atoms with van der Waals surface area (Å²) in [7, 11) is 0. The van der Waals surface area contributed by atoms with Crippen molar-refractivity contribution in [3.8, 4) is 17.0 Å². The molecular formula is C21H19FN6O3. The van der Waals surface area contributed by atoms with Crippen LogP contribution >= 0.6 is 0 Å². The Morgan fingerprint density at radius 3 is 2.87 bits per heavy atom. The van der Waals surface area contributed by atoms with Crippen molar-refractivity contribution in [2.24, 2.45) is 0 Å². The molecule has 0 amide bonds. The van der Waals surface area contributed by atoms with Crippen molar-refractivity contribution in [3.63, 3.8) is 0 Å². The number of ether oxygens (including phenoxy) is 1. The minimum absolute atomic E-state index is 0.142. The molecule has 0 unspecified atom stereocenters. The molecule has 0 radical (unpaired) electrons. The number of aromatic nitrogens is 5. The summed E-state index contributed by atoms with van der Waals surface area (Å²) in [6.07, 6.45) is 4.41. The van der Waals surface area contributed by atoms with Gasteiger partial charge in [0.2, 0.25) is 0 Å². The molecule has 4 aromatic rings. The summed E-state index contributed by atoms with van der Waals surface area (Å²) in [6, 6.07) is 7.76. The lowest BCUT2D eigenvalue weighted by atomic mass is 10.2. The third kappa shape index (κ3) is 4.58. The van der Waals surface area contributed by atoms with Crippen molar-refractivity contribution < 1.29 is 19.0 Å². The molecule has 0 fully saturated rings. The molecule has 1 aromatic carbocycles. The second-order valence-corrected chi connectivity index (χ2v) is 7.04. The van der Waals surface area contributed by atoms with Gasteiger partial charge in [-0.05, 0) is 38.1 Å². The average Bonchev–Trinajstić information content (AvgIpc) is 3.17. The molecule has 4 rings (SSSR count). The Morgan fingerprint density at radius 1 is 1.26 bits per heavy atom. The van der Waals surface area contributed by atoms with Crippen LogP contribution in [0.15, 0.2) is 49.1 Å². The van der Waals surface area contributed by atoms with Crippen LogP contribution in [-0.2, 0) is 11.3 Å². The summed E-state index contributed by atoms with van der Waals surface area (Å²) in [5.41, 5.74) is 2.87. The third-order valence-corrected chi connectivity index (χ3v) is 4.27. The van der Waals surface area contributed by atoms with Crippen molar-refractivity contribution in [2.75, 3.05) is 5.32 Å². The molecule has 0 saturated carbocycles. The number of carboxylic acid groups (broad SMARTS) is 1. The Kier molecular flexibility index (Phi) is 5.44. The van der Waals surface area contributed by atoms with Gasteiger partial charge >= 0.3 is 5.97 Å². The van der Waals surface area contributed by atoms with Crippen LogP contribution < -0.4 is 10.1 Å². The number of aliphatic carboxylic acids is 1. The lowest BCUT2D eigenvalue weighted by Crippen LogP contribution is -2.08. The predicted octanol–water partition coefficient (Wildman–Crippen LogP) is 3.64. The van der Waals surface area contributed by atoms with Crippen molar-refractivity contribution in [1.82, 2.24) is 24.7 Å². The molecule has 3 aromatic heterocycles. The van der Waals surface area contributed by atoms with Crippen LogP contribution in [0.4, 0.5) is 15.9 Å². The second-order valence-electron chi connectivity index (χ2n) is 7.04. The fourth-order valence-electron chi connectivity index (χ4n) is 2.99.